The summed E-state index contributed by atoms with van der Waals surface area (Å²) in [6, 6.07) is 3.79. The molecule has 2 aromatic heterocycles. The number of nitrogen functional groups attached to an aromatic ring is 1. The third-order valence-corrected chi connectivity index (χ3v) is 7.22. The van der Waals surface area contributed by atoms with Crippen molar-refractivity contribution in [3.63, 3.8) is 0 Å². The van der Waals surface area contributed by atoms with E-state index in [2.05, 4.69) is 25.6 Å². The number of nitrogens with zero attached hydrogens (tertiary/aromatic N) is 4. The summed E-state index contributed by atoms with van der Waals surface area (Å²) in [6.45, 7) is 0. The molecule has 0 bridgehead atoms. The second-order valence-electron chi connectivity index (χ2n) is 7.61. The minimum absolute atomic E-state index is 0.175. The summed E-state index contributed by atoms with van der Waals surface area (Å²) in [5.41, 5.74) is 7.17. The molecule has 11 heteroatoms. The van der Waals surface area contributed by atoms with Crippen LogP contribution in [-0.2, 0) is 10.0 Å². The molecule has 0 spiro atoms. The average Bonchev–Trinajstić information content (AvgIpc) is 2.72. The number of hydrogen-bond donors (Lipinski definition) is 3. The van der Waals surface area contributed by atoms with Crippen molar-refractivity contribution in [2.75, 3.05) is 43.3 Å². The van der Waals surface area contributed by atoms with Gasteiger partial charge < -0.3 is 21.1 Å². The molecule has 3 rings (SSSR count). The van der Waals surface area contributed by atoms with Crippen molar-refractivity contribution in [2.24, 2.45) is 5.92 Å². The molecule has 4 N–H and O–H groups in total. The maximum Gasteiger partial charge on any atom is 0.237 e. The van der Waals surface area contributed by atoms with E-state index in [4.69, 9.17) is 10.5 Å². The van der Waals surface area contributed by atoms with Crippen LogP contribution in [0.2, 0.25) is 0 Å². The van der Waals surface area contributed by atoms with Crippen LogP contribution >= 0.6 is 0 Å². The Morgan fingerprint density at radius 3 is 2.63 bits per heavy atom. The number of aromatic nitrogens is 3. The molecule has 0 aliphatic heterocycles. The van der Waals surface area contributed by atoms with Gasteiger partial charge in [0.05, 0.1) is 24.7 Å². The molecule has 2 aromatic rings. The van der Waals surface area contributed by atoms with E-state index in [1.807, 2.05) is 6.07 Å². The SMILES string of the molecule is COc1ncccc1Nc1ncc(N)c(N[C@H]2CC[C@H](CS(=O)(=O)N(C)C)CC2)n1. The van der Waals surface area contributed by atoms with Crippen LogP contribution in [0.3, 0.4) is 0 Å². The standard InChI is InChI=1S/C19H29N7O3S/c1-26(2)30(27,28)12-13-6-8-14(9-7-13)23-17-15(20)11-22-19(25-17)24-16-5-4-10-21-18(16)29-3/h4-5,10-11,13-14H,6-9,12,20H2,1-3H3,(H2,22,23,24,25)/t13-,14-. The molecule has 1 aliphatic carbocycles. The van der Waals surface area contributed by atoms with Gasteiger partial charge in [0, 0.05) is 26.3 Å². The van der Waals surface area contributed by atoms with E-state index in [0.717, 1.165) is 25.7 Å². The van der Waals surface area contributed by atoms with E-state index in [1.54, 1.807) is 39.7 Å². The summed E-state index contributed by atoms with van der Waals surface area (Å²) >= 11 is 0. The summed E-state index contributed by atoms with van der Waals surface area (Å²) in [5, 5.41) is 6.48. The lowest BCUT2D eigenvalue weighted by Crippen LogP contribution is -2.33. The highest BCUT2D eigenvalue weighted by Gasteiger charge is 2.27. The van der Waals surface area contributed by atoms with Gasteiger partial charge in [-0.3, -0.25) is 0 Å². The number of ether oxygens (including phenoxy) is 1. The maximum atomic E-state index is 12.1. The molecular weight excluding hydrogens is 406 g/mol. The third kappa shape index (κ3) is 5.48. The lowest BCUT2D eigenvalue weighted by atomic mass is 9.87. The smallest absolute Gasteiger partial charge is 0.237 e. The first-order valence-electron chi connectivity index (χ1n) is 9.83. The van der Waals surface area contributed by atoms with E-state index in [1.165, 1.54) is 4.31 Å². The van der Waals surface area contributed by atoms with Gasteiger partial charge in [-0.05, 0) is 43.7 Å². The second-order valence-corrected chi connectivity index (χ2v) is 9.83. The van der Waals surface area contributed by atoms with Crippen LogP contribution in [0.4, 0.5) is 23.1 Å². The number of sulfonamides is 1. The number of pyridine rings is 1. The van der Waals surface area contributed by atoms with E-state index < -0.39 is 10.0 Å². The largest absolute Gasteiger partial charge is 0.480 e. The minimum atomic E-state index is -3.17. The Morgan fingerprint density at radius 2 is 1.97 bits per heavy atom. The Hall–Kier alpha value is -2.66. The summed E-state index contributed by atoms with van der Waals surface area (Å²) in [5.74, 6) is 1.75. The van der Waals surface area contributed by atoms with Gasteiger partial charge in [-0.2, -0.15) is 4.98 Å². The van der Waals surface area contributed by atoms with Crippen LogP contribution in [0, 0.1) is 5.92 Å². The van der Waals surface area contributed by atoms with Crippen molar-refractivity contribution in [3.8, 4) is 5.88 Å². The molecular formula is C19H29N7O3S. The van der Waals surface area contributed by atoms with Crippen molar-refractivity contribution in [1.82, 2.24) is 19.3 Å². The molecule has 0 radical (unpaired) electrons. The highest BCUT2D eigenvalue weighted by Crippen LogP contribution is 2.30. The molecule has 30 heavy (non-hydrogen) atoms. The fourth-order valence-corrected chi connectivity index (χ4v) is 4.68. The van der Waals surface area contributed by atoms with Crippen molar-refractivity contribution in [2.45, 2.75) is 31.7 Å². The maximum absolute atomic E-state index is 12.1. The lowest BCUT2D eigenvalue weighted by Gasteiger charge is -2.30. The zero-order valence-electron chi connectivity index (χ0n) is 17.5. The Labute approximate surface area is 177 Å². The Kier molecular flexibility index (Phi) is 6.93. The summed E-state index contributed by atoms with van der Waals surface area (Å²) < 4.78 is 30.7. The molecule has 164 valence electrons. The number of nitrogens with one attached hydrogen (secondary N) is 2. The van der Waals surface area contributed by atoms with Gasteiger partial charge in [-0.25, -0.2) is 22.7 Å². The van der Waals surface area contributed by atoms with E-state index in [-0.39, 0.29) is 17.7 Å². The van der Waals surface area contributed by atoms with E-state index in [9.17, 15) is 8.42 Å². The van der Waals surface area contributed by atoms with Gasteiger partial charge in [0.15, 0.2) is 5.82 Å². The zero-order chi connectivity index (χ0) is 21.7. The Morgan fingerprint density at radius 1 is 1.23 bits per heavy atom. The normalized spacial score (nSPS) is 19.5. The van der Waals surface area contributed by atoms with Crippen molar-refractivity contribution in [3.05, 3.63) is 24.5 Å². The summed E-state index contributed by atoms with van der Waals surface area (Å²) in [6.07, 6.45) is 6.59. The fourth-order valence-electron chi connectivity index (χ4n) is 3.45. The number of anilines is 4. The van der Waals surface area contributed by atoms with Gasteiger partial charge in [0.2, 0.25) is 21.9 Å². The van der Waals surface area contributed by atoms with Gasteiger partial charge in [0.1, 0.15) is 5.69 Å². The first kappa shape index (κ1) is 22.0. The zero-order valence-corrected chi connectivity index (χ0v) is 18.3. The number of methoxy groups -OCH3 is 1. The highest BCUT2D eigenvalue weighted by atomic mass is 32.2. The average molecular weight is 436 g/mol. The van der Waals surface area contributed by atoms with Crippen LogP contribution < -0.4 is 21.1 Å². The first-order valence-corrected chi connectivity index (χ1v) is 11.4. The van der Waals surface area contributed by atoms with Crippen LogP contribution in [0.5, 0.6) is 5.88 Å². The predicted octanol–water partition coefficient (Wildman–Crippen LogP) is 2.07. The van der Waals surface area contributed by atoms with Crippen LogP contribution in [0.1, 0.15) is 25.7 Å². The minimum Gasteiger partial charge on any atom is -0.480 e. The Bertz CT molecular complexity index is 960. The van der Waals surface area contributed by atoms with Crippen molar-refractivity contribution in [1.29, 1.82) is 0 Å². The molecule has 1 fully saturated rings. The molecule has 0 saturated heterocycles. The number of nitrogens with two attached hydrogens (primary N) is 1. The fraction of sp³-hybridized carbons (Fsp3) is 0.526. The van der Waals surface area contributed by atoms with Gasteiger partial charge in [0.25, 0.3) is 0 Å². The quantitative estimate of drug-likeness (QED) is 0.569. The van der Waals surface area contributed by atoms with E-state index >= 15 is 0 Å². The molecule has 2 heterocycles. The Balaban J connectivity index is 1.62. The third-order valence-electron chi connectivity index (χ3n) is 5.22. The molecule has 1 aliphatic rings. The van der Waals surface area contributed by atoms with Crippen LogP contribution in [0.25, 0.3) is 0 Å². The predicted molar refractivity (Wildman–Crippen MR) is 117 cm³/mol. The number of rotatable bonds is 8. The van der Waals surface area contributed by atoms with E-state index in [0.29, 0.717) is 29.0 Å². The second kappa shape index (κ2) is 9.43. The van der Waals surface area contributed by atoms with Gasteiger partial charge in [-0.15, -0.1) is 0 Å². The van der Waals surface area contributed by atoms with Crippen LogP contribution in [0.15, 0.2) is 24.5 Å². The van der Waals surface area contributed by atoms with Crippen LogP contribution in [-0.4, -0.2) is 60.7 Å². The number of hydrogen-bond acceptors (Lipinski definition) is 9. The summed E-state index contributed by atoms with van der Waals surface area (Å²) in [7, 11) is 1.53. The van der Waals surface area contributed by atoms with Crippen molar-refractivity contribution < 1.29 is 13.2 Å². The molecule has 0 atom stereocenters. The molecule has 1 saturated carbocycles. The molecule has 10 nitrogen and oxygen atoms in total. The first-order chi connectivity index (χ1) is 14.3. The van der Waals surface area contributed by atoms with Gasteiger partial charge >= 0.3 is 0 Å². The topological polar surface area (TPSA) is 135 Å². The molecule has 0 aromatic carbocycles. The molecule has 0 amide bonds. The summed E-state index contributed by atoms with van der Waals surface area (Å²) in [4.78, 5) is 12.9. The lowest BCUT2D eigenvalue weighted by molar-refractivity contribution is 0.357. The monoisotopic (exact) mass is 435 g/mol. The van der Waals surface area contributed by atoms with Gasteiger partial charge in [-0.1, -0.05) is 0 Å². The highest BCUT2D eigenvalue weighted by molar-refractivity contribution is 7.89. The molecule has 0 unspecified atom stereocenters. The van der Waals surface area contributed by atoms with Crippen molar-refractivity contribution >= 4 is 33.2 Å².